The van der Waals surface area contributed by atoms with Crippen LogP contribution in [0, 0.1) is 5.92 Å². The van der Waals surface area contributed by atoms with Gasteiger partial charge in [0.1, 0.15) is 18.3 Å². The lowest BCUT2D eigenvalue weighted by atomic mass is 9.78. The maximum Gasteiger partial charge on any atom is 0.264 e. The van der Waals surface area contributed by atoms with Gasteiger partial charge in [-0.15, -0.1) is 0 Å². The first-order chi connectivity index (χ1) is 11.6. The Kier molecular flexibility index (Phi) is 3.86. The molecule has 24 heavy (non-hydrogen) atoms. The van der Waals surface area contributed by atoms with E-state index in [1.807, 2.05) is 4.90 Å². The molecule has 1 saturated heterocycles. The minimum Gasteiger partial charge on any atom is -0.338 e. The molecule has 1 amide bonds. The number of amides is 1. The molecule has 1 aliphatic heterocycles. The van der Waals surface area contributed by atoms with E-state index in [0.29, 0.717) is 23.0 Å². The molecule has 2 aliphatic rings. The Bertz CT molecular complexity index is 822. The number of aryl methyl sites for hydroxylation is 1. The van der Waals surface area contributed by atoms with Gasteiger partial charge in [-0.25, -0.2) is 4.98 Å². The molecule has 0 bridgehead atoms. The molecular formula is C17H23N5O2. The number of nitrogens with zero attached hydrogens (tertiary/aromatic N) is 5. The van der Waals surface area contributed by atoms with E-state index in [-0.39, 0.29) is 18.0 Å². The smallest absolute Gasteiger partial charge is 0.264 e. The van der Waals surface area contributed by atoms with Gasteiger partial charge >= 0.3 is 0 Å². The second-order valence-electron chi connectivity index (χ2n) is 7.02. The van der Waals surface area contributed by atoms with Crippen molar-refractivity contribution in [3.8, 4) is 0 Å². The van der Waals surface area contributed by atoms with Gasteiger partial charge in [-0.3, -0.25) is 18.8 Å². The number of hydrogen-bond donors (Lipinski definition) is 0. The van der Waals surface area contributed by atoms with Crippen LogP contribution in [0.5, 0.6) is 0 Å². The number of hydrogen-bond acceptors (Lipinski definition) is 4. The molecule has 2 aromatic heterocycles. The van der Waals surface area contributed by atoms with Crippen molar-refractivity contribution in [2.75, 3.05) is 6.54 Å². The van der Waals surface area contributed by atoms with Gasteiger partial charge in [0.05, 0.1) is 6.20 Å². The minimum atomic E-state index is -0.196. The molecule has 7 heteroatoms. The molecule has 0 spiro atoms. The highest BCUT2D eigenvalue weighted by atomic mass is 16.2. The summed E-state index contributed by atoms with van der Waals surface area (Å²) >= 11 is 0. The molecule has 2 aromatic rings. The zero-order chi connectivity index (χ0) is 16.7. The molecule has 2 atom stereocenters. The van der Waals surface area contributed by atoms with Crippen LogP contribution in [0.15, 0.2) is 17.3 Å². The summed E-state index contributed by atoms with van der Waals surface area (Å²) in [6, 6.07) is 0.366. The van der Waals surface area contributed by atoms with Gasteiger partial charge in [0.25, 0.3) is 5.56 Å². The second-order valence-corrected chi connectivity index (χ2v) is 7.02. The van der Waals surface area contributed by atoms with Gasteiger partial charge in [0.2, 0.25) is 5.91 Å². The van der Waals surface area contributed by atoms with Crippen molar-refractivity contribution in [3.63, 3.8) is 0 Å². The fraction of sp³-hybridized carbons (Fsp3) is 0.647. The van der Waals surface area contributed by atoms with Crippen molar-refractivity contribution < 1.29 is 4.79 Å². The largest absolute Gasteiger partial charge is 0.338 e. The number of fused-ring (bicyclic) bond motifs is 2. The summed E-state index contributed by atoms with van der Waals surface area (Å²) in [5.41, 5.74) is 0.354. The molecule has 0 aromatic carbocycles. The average molecular weight is 329 g/mol. The molecule has 1 saturated carbocycles. The first-order valence-corrected chi connectivity index (χ1v) is 8.82. The Morgan fingerprint density at radius 1 is 1.25 bits per heavy atom. The third-order valence-corrected chi connectivity index (χ3v) is 5.59. The Morgan fingerprint density at radius 3 is 2.92 bits per heavy atom. The van der Waals surface area contributed by atoms with Crippen molar-refractivity contribution in [2.45, 2.75) is 51.1 Å². The summed E-state index contributed by atoms with van der Waals surface area (Å²) in [4.78, 5) is 31.7. The fourth-order valence-electron chi connectivity index (χ4n) is 4.35. The molecule has 4 rings (SSSR count). The molecule has 1 aliphatic carbocycles. The van der Waals surface area contributed by atoms with Gasteiger partial charge in [-0.1, -0.05) is 12.8 Å². The van der Waals surface area contributed by atoms with E-state index in [1.54, 1.807) is 11.7 Å². The zero-order valence-electron chi connectivity index (χ0n) is 14.0. The van der Waals surface area contributed by atoms with E-state index in [0.717, 1.165) is 19.4 Å². The van der Waals surface area contributed by atoms with Crippen LogP contribution < -0.4 is 5.56 Å². The first-order valence-electron chi connectivity index (χ1n) is 8.82. The van der Waals surface area contributed by atoms with Crippen LogP contribution in [0.3, 0.4) is 0 Å². The zero-order valence-corrected chi connectivity index (χ0v) is 14.0. The lowest BCUT2D eigenvalue weighted by Gasteiger charge is -2.44. The van der Waals surface area contributed by atoms with Crippen LogP contribution in [0.25, 0.3) is 11.0 Å². The van der Waals surface area contributed by atoms with Gasteiger partial charge in [-0.2, -0.15) is 5.10 Å². The van der Waals surface area contributed by atoms with Crippen molar-refractivity contribution >= 4 is 16.9 Å². The van der Waals surface area contributed by atoms with Crippen LogP contribution in [-0.4, -0.2) is 42.7 Å². The quantitative estimate of drug-likeness (QED) is 0.833. The first kappa shape index (κ1) is 15.4. The Morgan fingerprint density at radius 2 is 2.04 bits per heavy atom. The highest BCUT2D eigenvalue weighted by molar-refractivity contribution is 5.77. The van der Waals surface area contributed by atoms with Crippen molar-refractivity contribution in [1.82, 2.24) is 24.2 Å². The normalized spacial score (nSPS) is 24.1. The maximum absolute atomic E-state index is 12.8. The number of carbonyl (C=O) groups excluding carboxylic acids is 1. The number of aromatic nitrogens is 4. The Balaban J connectivity index is 1.57. The standard InChI is InChI=1S/C17H23N5O2/c1-20-16-13(9-19-20)17(24)21(11-18-16)10-15(23)22-8-4-6-12-5-2-3-7-14(12)22/h9,11-12,14H,2-8,10H2,1H3/t12-,14-/m0/s1. The van der Waals surface area contributed by atoms with E-state index < -0.39 is 0 Å². The molecule has 0 unspecified atom stereocenters. The third-order valence-electron chi connectivity index (χ3n) is 5.59. The summed E-state index contributed by atoms with van der Waals surface area (Å²) < 4.78 is 2.99. The Labute approximate surface area is 140 Å². The Hall–Kier alpha value is -2.18. The van der Waals surface area contributed by atoms with E-state index >= 15 is 0 Å². The molecular weight excluding hydrogens is 306 g/mol. The number of likely N-dealkylation sites (tertiary alicyclic amines) is 1. The summed E-state index contributed by atoms with van der Waals surface area (Å²) in [6.07, 6.45) is 10.1. The summed E-state index contributed by atoms with van der Waals surface area (Å²) in [7, 11) is 1.75. The van der Waals surface area contributed by atoms with E-state index in [1.165, 1.54) is 42.8 Å². The van der Waals surface area contributed by atoms with Crippen LogP contribution in [0.1, 0.15) is 38.5 Å². The highest BCUT2D eigenvalue weighted by Crippen LogP contribution is 2.35. The number of carbonyl (C=O) groups is 1. The van der Waals surface area contributed by atoms with E-state index in [9.17, 15) is 9.59 Å². The summed E-state index contributed by atoms with van der Waals surface area (Å²) in [5, 5.41) is 4.53. The second kappa shape index (κ2) is 6.03. The molecule has 0 N–H and O–H groups in total. The van der Waals surface area contributed by atoms with Gasteiger partial charge in [0, 0.05) is 19.6 Å². The summed E-state index contributed by atoms with van der Waals surface area (Å²) in [5.74, 6) is 0.686. The van der Waals surface area contributed by atoms with E-state index in [4.69, 9.17) is 0 Å². The van der Waals surface area contributed by atoms with Crippen LogP contribution >= 0.6 is 0 Å². The van der Waals surface area contributed by atoms with Crippen molar-refractivity contribution in [3.05, 3.63) is 22.9 Å². The molecule has 2 fully saturated rings. The number of rotatable bonds is 2. The van der Waals surface area contributed by atoms with Crippen LogP contribution in [-0.2, 0) is 18.4 Å². The SMILES string of the molecule is Cn1ncc2c(=O)n(CC(=O)N3CCC[C@@H]4CCCC[C@@H]43)cnc21. The predicted octanol–water partition coefficient (Wildman–Crippen LogP) is 1.31. The van der Waals surface area contributed by atoms with Gasteiger partial charge in [0.15, 0.2) is 5.65 Å². The highest BCUT2D eigenvalue weighted by Gasteiger charge is 2.35. The fourth-order valence-corrected chi connectivity index (χ4v) is 4.35. The lowest BCUT2D eigenvalue weighted by molar-refractivity contribution is -0.138. The molecule has 0 radical (unpaired) electrons. The number of piperidine rings is 1. The van der Waals surface area contributed by atoms with E-state index in [2.05, 4.69) is 10.1 Å². The third kappa shape index (κ3) is 2.52. The molecule has 7 nitrogen and oxygen atoms in total. The van der Waals surface area contributed by atoms with Crippen LogP contribution in [0.2, 0.25) is 0 Å². The maximum atomic E-state index is 12.8. The minimum absolute atomic E-state index is 0.0405. The van der Waals surface area contributed by atoms with Crippen molar-refractivity contribution in [2.24, 2.45) is 13.0 Å². The topological polar surface area (TPSA) is 73.0 Å². The monoisotopic (exact) mass is 329 g/mol. The predicted molar refractivity (Wildman–Crippen MR) is 89.5 cm³/mol. The molecule has 3 heterocycles. The van der Waals surface area contributed by atoms with Crippen molar-refractivity contribution in [1.29, 1.82) is 0 Å². The van der Waals surface area contributed by atoms with Gasteiger partial charge < -0.3 is 4.90 Å². The average Bonchev–Trinajstić information content (AvgIpc) is 2.98. The summed E-state index contributed by atoms with van der Waals surface area (Å²) in [6.45, 7) is 0.886. The van der Waals surface area contributed by atoms with Gasteiger partial charge in [-0.05, 0) is 31.6 Å². The van der Waals surface area contributed by atoms with Crippen LogP contribution in [0.4, 0.5) is 0 Å². The molecule has 128 valence electrons. The lowest BCUT2D eigenvalue weighted by Crippen LogP contribution is -2.51.